The lowest BCUT2D eigenvalue weighted by Gasteiger charge is -2.48. The highest BCUT2D eigenvalue weighted by molar-refractivity contribution is 5.98. The van der Waals surface area contributed by atoms with Crippen LogP contribution in [0.25, 0.3) is 0 Å². The van der Waals surface area contributed by atoms with Crippen molar-refractivity contribution in [1.29, 1.82) is 0 Å². The predicted octanol–water partition coefficient (Wildman–Crippen LogP) is 2.84. The average molecular weight is 336 g/mol. The molecule has 128 valence electrons. The number of carbonyl (C=O) groups excluding carboxylic acids is 2. The number of hydrogen-bond acceptors (Lipinski definition) is 3. The fourth-order valence-electron chi connectivity index (χ4n) is 4.87. The Bertz CT molecular complexity index is 815. The van der Waals surface area contributed by atoms with E-state index < -0.39 is 5.54 Å². The molecule has 0 N–H and O–H groups in total. The van der Waals surface area contributed by atoms with E-state index >= 15 is 0 Å². The van der Waals surface area contributed by atoms with Crippen molar-refractivity contribution in [1.82, 2.24) is 9.80 Å². The van der Waals surface area contributed by atoms with Crippen molar-refractivity contribution in [3.05, 3.63) is 59.8 Å². The Morgan fingerprint density at radius 3 is 2.88 bits per heavy atom. The third-order valence-electron chi connectivity index (χ3n) is 5.98. The van der Waals surface area contributed by atoms with Gasteiger partial charge in [0.05, 0.1) is 5.54 Å². The number of ether oxygens (including phenoxy) is 1. The van der Waals surface area contributed by atoms with Crippen LogP contribution in [0.4, 0.5) is 4.79 Å². The minimum atomic E-state index is -0.401. The van der Waals surface area contributed by atoms with E-state index in [4.69, 9.17) is 4.74 Å². The Labute approximate surface area is 146 Å². The van der Waals surface area contributed by atoms with E-state index in [2.05, 4.69) is 12.7 Å². The van der Waals surface area contributed by atoms with Crippen molar-refractivity contribution in [2.45, 2.75) is 37.5 Å². The first-order valence-electron chi connectivity index (χ1n) is 8.84. The molecule has 2 amide bonds. The van der Waals surface area contributed by atoms with Gasteiger partial charge in [-0.3, -0.25) is 9.69 Å². The molecule has 1 aliphatic carbocycles. The highest BCUT2D eigenvalue weighted by Crippen LogP contribution is 2.67. The van der Waals surface area contributed by atoms with Crippen LogP contribution in [-0.2, 0) is 16.1 Å². The summed E-state index contributed by atoms with van der Waals surface area (Å²) >= 11 is 0. The third-order valence-corrected chi connectivity index (χ3v) is 5.98. The minimum absolute atomic E-state index is 0.0476. The molecular weight excluding hydrogens is 316 g/mol. The standard InChI is InChI=1S/C20H20N2O3/c1-13-11-20-16(13)15-9-5-6-10-21(15)18(23)17(20)22(20)19(24)25-12-14-7-3-2-4-8-14/h2-4,7-9,16-17H,1,5-6,10-12H2. The smallest absolute Gasteiger partial charge is 0.411 e. The molecule has 0 radical (unpaired) electrons. The lowest BCUT2D eigenvalue weighted by molar-refractivity contribution is -0.132. The minimum Gasteiger partial charge on any atom is -0.445 e. The highest BCUT2D eigenvalue weighted by Gasteiger charge is 2.81. The molecule has 3 fully saturated rings. The molecule has 3 heterocycles. The Hall–Kier alpha value is -2.56. The molecule has 0 bridgehead atoms. The zero-order chi connectivity index (χ0) is 17.2. The van der Waals surface area contributed by atoms with Crippen molar-refractivity contribution < 1.29 is 14.3 Å². The predicted molar refractivity (Wildman–Crippen MR) is 91.3 cm³/mol. The van der Waals surface area contributed by atoms with E-state index in [1.165, 1.54) is 0 Å². The van der Waals surface area contributed by atoms with Crippen LogP contribution in [0.3, 0.4) is 0 Å². The summed E-state index contributed by atoms with van der Waals surface area (Å²) in [5.41, 5.74) is 2.72. The molecule has 3 atom stereocenters. The van der Waals surface area contributed by atoms with Gasteiger partial charge in [0.25, 0.3) is 5.91 Å². The van der Waals surface area contributed by atoms with E-state index in [9.17, 15) is 9.59 Å². The van der Waals surface area contributed by atoms with Gasteiger partial charge >= 0.3 is 6.09 Å². The van der Waals surface area contributed by atoms with E-state index in [1.807, 2.05) is 35.2 Å². The summed E-state index contributed by atoms with van der Waals surface area (Å²) in [4.78, 5) is 29.1. The Morgan fingerprint density at radius 2 is 2.12 bits per heavy atom. The molecule has 3 unspecified atom stereocenters. The van der Waals surface area contributed by atoms with Crippen LogP contribution >= 0.6 is 0 Å². The number of carbonyl (C=O) groups is 2. The van der Waals surface area contributed by atoms with Crippen molar-refractivity contribution in [3.8, 4) is 0 Å². The van der Waals surface area contributed by atoms with Gasteiger partial charge in [0.15, 0.2) is 0 Å². The first-order chi connectivity index (χ1) is 12.1. The van der Waals surface area contributed by atoms with Crippen molar-refractivity contribution in [2.24, 2.45) is 5.92 Å². The first-order valence-corrected chi connectivity index (χ1v) is 8.84. The summed E-state index contributed by atoms with van der Waals surface area (Å²) < 4.78 is 5.50. The fourth-order valence-corrected chi connectivity index (χ4v) is 4.87. The van der Waals surface area contributed by atoms with Gasteiger partial charge in [-0.05, 0) is 24.8 Å². The van der Waals surface area contributed by atoms with E-state index in [0.29, 0.717) is 6.42 Å². The topological polar surface area (TPSA) is 49.6 Å². The highest BCUT2D eigenvalue weighted by atomic mass is 16.6. The third kappa shape index (κ3) is 1.84. The van der Waals surface area contributed by atoms with E-state index in [-0.39, 0.29) is 30.6 Å². The lowest BCUT2D eigenvalue weighted by Crippen LogP contribution is -2.55. The second-order valence-corrected chi connectivity index (χ2v) is 7.33. The van der Waals surface area contributed by atoms with Crippen molar-refractivity contribution >= 4 is 12.0 Å². The number of fused-ring (bicyclic) bond motifs is 2. The van der Waals surface area contributed by atoms with Gasteiger partial charge in [-0.15, -0.1) is 0 Å². The molecule has 1 spiro atoms. The Morgan fingerprint density at radius 1 is 1.32 bits per heavy atom. The molecule has 25 heavy (non-hydrogen) atoms. The van der Waals surface area contributed by atoms with Gasteiger partial charge < -0.3 is 9.64 Å². The van der Waals surface area contributed by atoms with Gasteiger partial charge in [-0.2, -0.15) is 0 Å². The summed E-state index contributed by atoms with van der Waals surface area (Å²) in [5, 5.41) is 0. The van der Waals surface area contributed by atoms with Gasteiger partial charge in [0.1, 0.15) is 12.6 Å². The van der Waals surface area contributed by atoms with Crippen LogP contribution in [0.5, 0.6) is 0 Å². The zero-order valence-electron chi connectivity index (χ0n) is 14.0. The van der Waals surface area contributed by atoms with Crippen molar-refractivity contribution in [3.63, 3.8) is 0 Å². The van der Waals surface area contributed by atoms with Crippen LogP contribution in [0, 0.1) is 5.92 Å². The average Bonchev–Trinajstić information content (AvgIpc) is 3.31. The summed E-state index contributed by atoms with van der Waals surface area (Å²) in [6.07, 6.45) is 4.44. The second kappa shape index (κ2) is 4.97. The fraction of sp³-hybridized carbons (Fsp3) is 0.400. The largest absolute Gasteiger partial charge is 0.445 e. The van der Waals surface area contributed by atoms with Crippen LogP contribution < -0.4 is 0 Å². The molecule has 5 rings (SSSR count). The molecule has 3 aliphatic heterocycles. The quantitative estimate of drug-likeness (QED) is 0.616. The number of benzene rings is 1. The molecule has 1 aromatic carbocycles. The van der Waals surface area contributed by atoms with Crippen LogP contribution in [0.15, 0.2) is 54.3 Å². The second-order valence-electron chi connectivity index (χ2n) is 7.33. The van der Waals surface area contributed by atoms with Crippen LogP contribution in [0.1, 0.15) is 24.8 Å². The van der Waals surface area contributed by atoms with Gasteiger partial charge in [0, 0.05) is 18.2 Å². The van der Waals surface area contributed by atoms with E-state index in [1.54, 1.807) is 4.90 Å². The number of piperidine rings is 1. The number of amides is 2. The van der Waals surface area contributed by atoms with E-state index in [0.717, 1.165) is 36.2 Å². The van der Waals surface area contributed by atoms with Gasteiger partial charge in [0.2, 0.25) is 0 Å². The maximum atomic E-state index is 12.9. The Kier molecular flexibility index (Phi) is 2.94. The molecule has 4 aliphatic rings. The molecule has 1 aromatic rings. The maximum absolute atomic E-state index is 12.9. The van der Waals surface area contributed by atoms with Gasteiger partial charge in [-0.25, -0.2) is 4.79 Å². The summed E-state index contributed by atoms with van der Waals surface area (Å²) in [6, 6.07) is 9.23. The molecular formula is C20H20N2O3. The van der Waals surface area contributed by atoms with Crippen molar-refractivity contribution in [2.75, 3.05) is 6.54 Å². The normalized spacial score (nSPS) is 32.1. The summed E-state index contributed by atoms with van der Waals surface area (Å²) in [7, 11) is 0. The SMILES string of the molecule is C=C1CC23C1C1=CCCCN1C(=O)C2N3C(=O)OCc1ccccc1. The molecule has 5 nitrogen and oxygen atoms in total. The zero-order valence-corrected chi connectivity index (χ0v) is 14.0. The number of allylic oxidation sites excluding steroid dienone is 1. The molecule has 2 saturated heterocycles. The molecule has 5 heteroatoms. The summed E-state index contributed by atoms with van der Waals surface area (Å²) in [5.74, 6) is 0.145. The number of rotatable bonds is 2. The molecule has 1 saturated carbocycles. The van der Waals surface area contributed by atoms with Crippen LogP contribution in [-0.4, -0.2) is 39.9 Å². The molecule has 0 aromatic heterocycles. The monoisotopic (exact) mass is 336 g/mol. The van der Waals surface area contributed by atoms with Gasteiger partial charge in [-0.1, -0.05) is 48.6 Å². The van der Waals surface area contributed by atoms with Crippen LogP contribution in [0.2, 0.25) is 0 Å². The summed E-state index contributed by atoms with van der Waals surface area (Å²) in [6.45, 7) is 5.13. The number of nitrogens with zero attached hydrogens (tertiary/aromatic N) is 2. The first kappa shape index (κ1) is 14.8. The maximum Gasteiger partial charge on any atom is 0.411 e. The Balaban J connectivity index is 1.39. The number of hydrogen-bond donors (Lipinski definition) is 0. The lowest BCUT2D eigenvalue weighted by atomic mass is 9.62.